The molecule has 0 aromatic heterocycles. The second-order valence-corrected chi connectivity index (χ2v) is 4.68. The lowest BCUT2D eigenvalue weighted by Crippen LogP contribution is -2.51. The van der Waals surface area contributed by atoms with E-state index < -0.39 is 0 Å². The van der Waals surface area contributed by atoms with Crippen LogP contribution in [0.25, 0.3) is 0 Å². The van der Waals surface area contributed by atoms with Crippen LogP contribution in [0.2, 0.25) is 5.02 Å². The highest BCUT2D eigenvalue weighted by Crippen LogP contribution is 2.18. The Balaban J connectivity index is 1.72. The molecule has 0 aliphatic heterocycles. The van der Waals surface area contributed by atoms with Gasteiger partial charge in [-0.3, -0.25) is 4.79 Å². The van der Waals surface area contributed by atoms with Crippen molar-refractivity contribution in [2.75, 3.05) is 6.61 Å². The van der Waals surface area contributed by atoms with Crippen molar-refractivity contribution in [1.29, 1.82) is 0 Å². The monoisotopic (exact) mass is 254 g/mol. The van der Waals surface area contributed by atoms with Crippen molar-refractivity contribution in [1.82, 2.24) is 5.32 Å². The molecule has 1 amide bonds. The minimum absolute atomic E-state index is 0.00603. The van der Waals surface area contributed by atoms with Crippen LogP contribution in [0.15, 0.2) is 24.3 Å². The van der Waals surface area contributed by atoms with Crippen molar-refractivity contribution >= 4 is 17.5 Å². The number of hydrogen-bond donors (Lipinski definition) is 2. The predicted molar refractivity (Wildman–Crippen MR) is 66.1 cm³/mol. The molecule has 1 fully saturated rings. The zero-order valence-corrected chi connectivity index (χ0v) is 10.1. The number of rotatable bonds is 4. The summed E-state index contributed by atoms with van der Waals surface area (Å²) in [5, 5.41) is 3.45. The maximum atomic E-state index is 11.5. The Labute approximate surface area is 105 Å². The van der Waals surface area contributed by atoms with E-state index in [9.17, 15) is 4.79 Å². The van der Waals surface area contributed by atoms with Crippen molar-refractivity contribution in [3.05, 3.63) is 29.3 Å². The Hall–Kier alpha value is -1.26. The van der Waals surface area contributed by atoms with Crippen molar-refractivity contribution < 1.29 is 9.53 Å². The number of ether oxygens (including phenoxy) is 1. The van der Waals surface area contributed by atoms with Gasteiger partial charge in [0.1, 0.15) is 5.75 Å². The highest BCUT2D eigenvalue weighted by molar-refractivity contribution is 6.30. The van der Waals surface area contributed by atoms with Crippen LogP contribution in [0.3, 0.4) is 0 Å². The van der Waals surface area contributed by atoms with Crippen LogP contribution in [-0.4, -0.2) is 24.6 Å². The van der Waals surface area contributed by atoms with Gasteiger partial charge in [-0.05, 0) is 31.0 Å². The van der Waals surface area contributed by atoms with E-state index in [-0.39, 0.29) is 24.6 Å². The molecule has 92 valence electrons. The molecule has 1 saturated carbocycles. The number of nitrogens with one attached hydrogen (secondary N) is 1. The van der Waals surface area contributed by atoms with Gasteiger partial charge in [-0.25, -0.2) is 0 Å². The molecule has 17 heavy (non-hydrogen) atoms. The van der Waals surface area contributed by atoms with E-state index in [0.29, 0.717) is 10.8 Å². The smallest absolute Gasteiger partial charge is 0.258 e. The fourth-order valence-corrected chi connectivity index (χ4v) is 1.93. The topological polar surface area (TPSA) is 64.3 Å². The third-order valence-corrected chi connectivity index (χ3v) is 2.94. The van der Waals surface area contributed by atoms with Crippen molar-refractivity contribution in [2.45, 2.75) is 24.9 Å². The molecule has 1 aliphatic carbocycles. The van der Waals surface area contributed by atoms with Crippen LogP contribution >= 0.6 is 11.6 Å². The lowest BCUT2D eigenvalue weighted by Gasteiger charge is -2.32. The second-order valence-electron chi connectivity index (χ2n) is 4.24. The Morgan fingerprint density at radius 1 is 1.53 bits per heavy atom. The largest absolute Gasteiger partial charge is 0.484 e. The van der Waals surface area contributed by atoms with Crippen LogP contribution in [0.4, 0.5) is 0 Å². The first-order valence-corrected chi connectivity index (χ1v) is 5.94. The Bertz CT molecular complexity index is 405. The molecule has 0 bridgehead atoms. The maximum absolute atomic E-state index is 11.5. The van der Waals surface area contributed by atoms with Crippen LogP contribution in [0.1, 0.15) is 12.8 Å². The Morgan fingerprint density at radius 2 is 2.29 bits per heavy atom. The molecule has 1 aliphatic rings. The molecule has 0 spiro atoms. The van der Waals surface area contributed by atoms with E-state index in [0.717, 1.165) is 12.8 Å². The van der Waals surface area contributed by atoms with E-state index in [4.69, 9.17) is 22.1 Å². The minimum atomic E-state index is -0.123. The zero-order valence-electron chi connectivity index (χ0n) is 9.36. The zero-order chi connectivity index (χ0) is 12.3. The van der Waals surface area contributed by atoms with E-state index in [1.165, 1.54) is 0 Å². The average Bonchev–Trinajstić information content (AvgIpc) is 2.24. The Kier molecular flexibility index (Phi) is 3.86. The summed E-state index contributed by atoms with van der Waals surface area (Å²) in [6.07, 6.45) is 1.70. The van der Waals surface area contributed by atoms with Gasteiger partial charge in [-0.1, -0.05) is 17.7 Å². The number of amides is 1. The van der Waals surface area contributed by atoms with Crippen molar-refractivity contribution in [2.24, 2.45) is 5.73 Å². The number of hydrogen-bond acceptors (Lipinski definition) is 3. The van der Waals surface area contributed by atoms with Gasteiger partial charge in [0.2, 0.25) is 0 Å². The Morgan fingerprint density at radius 3 is 2.94 bits per heavy atom. The molecular formula is C12H15ClN2O2. The molecule has 2 rings (SSSR count). The summed E-state index contributed by atoms with van der Waals surface area (Å²) in [6.45, 7) is 0.00603. The molecule has 0 saturated heterocycles. The molecule has 0 heterocycles. The summed E-state index contributed by atoms with van der Waals surface area (Å²) in [4.78, 5) is 11.5. The summed E-state index contributed by atoms with van der Waals surface area (Å²) < 4.78 is 5.32. The summed E-state index contributed by atoms with van der Waals surface area (Å²) in [7, 11) is 0. The van der Waals surface area contributed by atoms with Gasteiger partial charge in [0.15, 0.2) is 6.61 Å². The van der Waals surface area contributed by atoms with Crippen LogP contribution < -0.4 is 15.8 Å². The summed E-state index contributed by atoms with van der Waals surface area (Å²) in [5.41, 5.74) is 5.63. The van der Waals surface area contributed by atoms with Crippen LogP contribution in [-0.2, 0) is 4.79 Å². The van der Waals surface area contributed by atoms with E-state index >= 15 is 0 Å². The standard InChI is InChI=1S/C12H15ClN2O2/c13-8-2-1-3-11(4-8)17-7-12(16)15-10-5-9(14)6-10/h1-4,9-10H,5-7,14H2,(H,15,16). The molecule has 3 N–H and O–H groups in total. The first-order chi connectivity index (χ1) is 8.13. The van der Waals surface area contributed by atoms with E-state index in [1.54, 1.807) is 24.3 Å². The minimum Gasteiger partial charge on any atom is -0.484 e. The number of halogens is 1. The van der Waals surface area contributed by atoms with Gasteiger partial charge < -0.3 is 15.8 Å². The maximum Gasteiger partial charge on any atom is 0.258 e. The third-order valence-electron chi connectivity index (χ3n) is 2.71. The van der Waals surface area contributed by atoms with E-state index in [2.05, 4.69) is 5.32 Å². The van der Waals surface area contributed by atoms with Gasteiger partial charge in [0.05, 0.1) is 0 Å². The SMILES string of the molecule is NC1CC(NC(=O)COc2cccc(Cl)c2)C1. The van der Waals surface area contributed by atoms with Crippen molar-refractivity contribution in [3.63, 3.8) is 0 Å². The van der Waals surface area contributed by atoms with Gasteiger partial charge >= 0.3 is 0 Å². The highest BCUT2D eigenvalue weighted by atomic mass is 35.5. The summed E-state index contributed by atoms with van der Waals surface area (Å²) in [5.74, 6) is 0.472. The molecule has 1 aromatic carbocycles. The molecule has 0 unspecified atom stereocenters. The molecular weight excluding hydrogens is 240 g/mol. The van der Waals surface area contributed by atoms with Gasteiger partial charge in [0, 0.05) is 17.1 Å². The quantitative estimate of drug-likeness (QED) is 0.852. The first kappa shape index (κ1) is 12.2. The fourth-order valence-electron chi connectivity index (χ4n) is 1.75. The summed E-state index contributed by atoms with van der Waals surface area (Å²) >= 11 is 5.80. The van der Waals surface area contributed by atoms with Gasteiger partial charge in [-0.15, -0.1) is 0 Å². The second kappa shape index (κ2) is 5.38. The number of nitrogens with two attached hydrogens (primary N) is 1. The molecule has 0 atom stereocenters. The van der Waals surface area contributed by atoms with Crippen molar-refractivity contribution in [3.8, 4) is 5.75 Å². The number of carbonyl (C=O) groups is 1. The lowest BCUT2D eigenvalue weighted by molar-refractivity contribution is -0.124. The predicted octanol–water partition coefficient (Wildman–Crippen LogP) is 1.32. The van der Waals surface area contributed by atoms with Gasteiger partial charge in [-0.2, -0.15) is 0 Å². The molecule has 4 nitrogen and oxygen atoms in total. The lowest BCUT2D eigenvalue weighted by atomic mass is 9.88. The van der Waals surface area contributed by atoms with Gasteiger partial charge in [0.25, 0.3) is 5.91 Å². The van der Waals surface area contributed by atoms with Crippen LogP contribution in [0.5, 0.6) is 5.75 Å². The third kappa shape index (κ3) is 3.61. The molecule has 0 radical (unpaired) electrons. The normalized spacial score (nSPS) is 22.7. The molecule has 1 aromatic rings. The fraction of sp³-hybridized carbons (Fsp3) is 0.417. The average molecular weight is 255 g/mol. The van der Waals surface area contributed by atoms with E-state index in [1.807, 2.05) is 0 Å². The molecule has 5 heteroatoms. The highest BCUT2D eigenvalue weighted by Gasteiger charge is 2.26. The van der Waals surface area contributed by atoms with Crippen LogP contribution in [0, 0.1) is 0 Å². The number of benzene rings is 1. The summed E-state index contributed by atoms with van der Waals surface area (Å²) in [6, 6.07) is 7.41. The first-order valence-electron chi connectivity index (χ1n) is 5.57. The number of carbonyl (C=O) groups excluding carboxylic acids is 1.